The third-order valence-electron chi connectivity index (χ3n) is 5.08. The van der Waals surface area contributed by atoms with E-state index in [1.165, 1.54) is 40.7 Å². The number of benzene rings is 1. The van der Waals surface area contributed by atoms with Gasteiger partial charge in [0.25, 0.3) is 0 Å². The average molecular weight is 443 g/mol. The van der Waals surface area contributed by atoms with Crippen molar-refractivity contribution in [3.05, 3.63) is 40.5 Å². The molecule has 1 aliphatic carbocycles. The molecule has 0 saturated carbocycles. The Morgan fingerprint density at radius 1 is 1.06 bits per heavy atom. The van der Waals surface area contributed by atoms with Gasteiger partial charge in [0.15, 0.2) is 11.5 Å². The first-order valence-corrected chi connectivity index (χ1v) is 10.7. The fourth-order valence-electron chi connectivity index (χ4n) is 3.65. The third-order valence-corrected chi connectivity index (χ3v) is 6.28. The summed E-state index contributed by atoms with van der Waals surface area (Å²) in [6.45, 7) is 1.15. The zero-order valence-corrected chi connectivity index (χ0v) is 17.4. The molecule has 9 nitrogen and oxygen atoms in total. The minimum absolute atomic E-state index is 0.319. The van der Waals surface area contributed by atoms with Crippen LogP contribution in [0.1, 0.15) is 28.8 Å². The summed E-state index contributed by atoms with van der Waals surface area (Å²) < 4.78 is 10.8. The molecule has 5 rings (SSSR count). The highest BCUT2D eigenvalue weighted by Crippen LogP contribution is 2.38. The summed E-state index contributed by atoms with van der Waals surface area (Å²) in [4.78, 5) is 29.8. The van der Waals surface area contributed by atoms with E-state index in [0.717, 1.165) is 41.5 Å². The standard InChI is InChI=1S/C19H19N3O2S.C2H2O4/c1-2-4-16-13(3-1)17-18(21-10-22-19(17)25-16)20-8-7-12-5-6-14-15(9-12)24-11-23-14;3-1(4)2(5)6/h5-6,9-10H,1-4,7-8,11H2,(H,20,21,22);(H,3,4)(H,5,6). The molecular formula is C21H21N3O6S. The predicted octanol–water partition coefficient (Wildman–Crippen LogP) is 3.11. The Morgan fingerprint density at radius 3 is 2.65 bits per heavy atom. The third kappa shape index (κ3) is 4.69. The first kappa shape index (κ1) is 20.9. The number of carbonyl (C=O) groups is 2. The van der Waals surface area contributed by atoms with E-state index in [0.29, 0.717) is 6.79 Å². The molecular weight excluding hydrogens is 422 g/mol. The van der Waals surface area contributed by atoms with E-state index in [1.54, 1.807) is 6.33 Å². The lowest BCUT2D eigenvalue weighted by atomic mass is 9.97. The molecule has 1 aromatic carbocycles. The summed E-state index contributed by atoms with van der Waals surface area (Å²) in [5.41, 5.74) is 2.70. The molecule has 0 spiro atoms. The fourth-order valence-corrected chi connectivity index (χ4v) is 4.87. The Hall–Kier alpha value is -3.40. The van der Waals surface area contributed by atoms with E-state index in [9.17, 15) is 0 Å². The maximum Gasteiger partial charge on any atom is 0.414 e. The summed E-state index contributed by atoms with van der Waals surface area (Å²) in [7, 11) is 0. The number of aliphatic carboxylic acids is 2. The van der Waals surface area contributed by atoms with Gasteiger partial charge in [-0.05, 0) is 55.4 Å². The van der Waals surface area contributed by atoms with Crippen LogP contribution in [-0.2, 0) is 28.9 Å². The van der Waals surface area contributed by atoms with Gasteiger partial charge in [0, 0.05) is 11.4 Å². The number of anilines is 1. The predicted molar refractivity (Wildman–Crippen MR) is 114 cm³/mol. The number of aryl methyl sites for hydroxylation is 2. The Balaban J connectivity index is 0.000000342. The molecule has 3 N–H and O–H groups in total. The Bertz CT molecular complexity index is 1120. The Kier molecular flexibility index (Phi) is 6.17. The molecule has 0 atom stereocenters. The van der Waals surface area contributed by atoms with Crippen LogP contribution in [0.3, 0.4) is 0 Å². The molecule has 0 radical (unpaired) electrons. The van der Waals surface area contributed by atoms with Crippen molar-refractivity contribution in [3.8, 4) is 11.5 Å². The lowest BCUT2D eigenvalue weighted by Gasteiger charge is -2.12. The van der Waals surface area contributed by atoms with Gasteiger partial charge in [-0.15, -0.1) is 11.3 Å². The average Bonchev–Trinajstić information content (AvgIpc) is 3.38. The number of thiophene rings is 1. The van der Waals surface area contributed by atoms with Gasteiger partial charge in [0.1, 0.15) is 17.0 Å². The van der Waals surface area contributed by atoms with Crippen LogP contribution in [-0.4, -0.2) is 45.5 Å². The van der Waals surface area contributed by atoms with E-state index in [2.05, 4.69) is 27.4 Å². The monoisotopic (exact) mass is 443 g/mol. The quantitative estimate of drug-likeness (QED) is 0.521. The molecule has 31 heavy (non-hydrogen) atoms. The second kappa shape index (κ2) is 9.17. The van der Waals surface area contributed by atoms with Gasteiger partial charge < -0.3 is 25.0 Å². The van der Waals surface area contributed by atoms with Crippen molar-refractivity contribution in [2.45, 2.75) is 32.1 Å². The Morgan fingerprint density at radius 2 is 1.84 bits per heavy atom. The number of nitrogens with zero attached hydrogens (tertiary/aromatic N) is 2. The summed E-state index contributed by atoms with van der Waals surface area (Å²) in [5.74, 6) is -0.997. The summed E-state index contributed by atoms with van der Waals surface area (Å²) in [6.07, 6.45) is 7.48. The molecule has 2 aromatic heterocycles. The number of hydrogen-bond donors (Lipinski definition) is 3. The van der Waals surface area contributed by atoms with Crippen LogP contribution in [0, 0.1) is 0 Å². The molecule has 162 valence electrons. The van der Waals surface area contributed by atoms with Crippen molar-refractivity contribution in [2.75, 3.05) is 18.7 Å². The van der Waals surface area contributed by atoms with Crippen LogP contribution in [0.4, 0.5) is 5.82 Å². The van der Waals surface area contributed by atoms with Gasteiger partial charge in [-0.25, -0.2) is 19.6 Å². The van der Waals surface area contributed by atoms with E-state index in [-0.39, 0.29) is 0 Å². The van der Waals surface area contributed by atoms with Gasteiger partial charge in [0.05, 0.1) is 5.39 Å². The zero-order chi connectivity index (χ0) is 21.8. The first-order chi connectivity index (χ1) is 15.0. The molecule has 1 aliphatic heterocycles. The normalized spacial score (nSPS) is 13.8. The fraction of sp³-hybridized carbons (Fsp3) is 0.333. The van der Waals surface area contributed by atoms with Gasteiger partial charge in [-0.1, -0.05) is 6.07 Å². The van der Waals surface area contributed by atoms with Crippen molar-refractivity contribution in [1.82, 2.24) is 9.97 Å². The van der Waals surface area contributed by atoms with E-state index < -0.39 is 11.9 Å². The number of carboxylic acids is 2. The van der Waals surface area contributed by atoms with Crippen molar-refractivity contribution >= 4 is 39.3 Å². The zero-order valence-electron chi connectivity index (χ0n) is 16.6. The maximum atomic E-state index is 9.10. The molecule has 3 aromatic rings. The smallest absolute Gasteiger partial charge is 0.414 e. The van der Waals surface area contributed by atoms with Crippen LogP contribution in [0.25, 0.3) is 10.2 Å². The highest BCUT2D eigenvalue weighted by Gasteiger charge is 2.19. The molecule has 0 fully saturated rings. The maximum absolute atomic E-state index is 9.10. The number of carboxylic acid groups (broad SMARTS) is 2. The molecule has 0 amide bonds. The van der Waals surface area contributed by atoms with Crippen molar-refractivity contribution in [3.63, 3.8) is 0 Å². The lowest BCUT2D eigenvalue weighted by molar-refractivity contribution is -0.159. The number of hydrogen-bond acceptors (Lipinski definition) is 8. The van der Waals surface area contributed by atoms with Crippen LogP contribution in [0.5, 0.6) is 11.5 Å². The SMILES string of the molecule is O=C(O)C(=O)O.c1nc(NCCc2ccc3c(c2)OCO3)c2c3c(sc2n1)CCCC3. The molecule has 0 bridgehead atoms. The second-order valence-electron chi connectivity index (χ2n) is 7.09. The first-order valence-electron chi connectivity index (χ1n) is 9.87. The summed E-state index contributed by atoms with van der Waals surface area (Å²) in [5, 5.41) is 19.5. The number of fused-ring (bicyclic) bond motifs is 4. The Labute approximate surface area is 181 Å². The largest absolute Gasteiger partial charge is 0.473 e. The van der Waals surface area contributed by atoms with E-state index in [1.807, 2.05) is 17.4 Å². The van der Waals surface area contributed by atoms with Crippen LogP contribution >= 0.6 is 11.3 Å². The topological polar surface area (TPSA) is 131 Å². The molecule has 0 saturated heterocycles. The van der Waals surface area contributed by atoms with Gasteiger partial charge >= 0.3 is 11.9 Å². The molecule has 2 aliphatic rings. The number of aromatic nitrogens is 2. The number of nitrogens with one attached hydrogen (secondary N) is 1. The number of rotatable bonds is 4. The van der Waals surface area contributed by atoms with Crippen LogP contribution in [0.15, 0.2) is 24.5 Å². The van der Waals surface area contributed by atoms with Gasteiger partial charge in [-0.2, -0.15) is 0 Å². The highest BCUT2D eigenvalue weighted by molar-refractivity contribution is 7.19. The van der Waals surface area contributed by atoms with Crippen molar-refractivity contribution < 1.29 is 29.3 Å². The van der Waals surface area contributed by atoms with Gasteiger partial charge in [0.2, 0.25) is 6.79 Å². The van der Waals surface area contributed by atoms with Gasteiger partial charge in [-0.3, -0.25) is 0 Å². The molecule has 0 unspecified atom stereocenters. The minimum Gasteiger partial charge on any atom is -0.473 e. The highest BCUT2D eigenvalue weighted by atomic mass is 32.1. The summed E-state index contributed by atoms with van der Waals surface area (Å²) in [6, 6.07) is 6.14. The van der Waals surface area contributed by atoms with E-state index in [4.69, 9.17) is 29.3 Å². The van der Waals surface area contributed by atoms with Crippen molar-refractivity contribution in [2.24, 2.45) is 0 Å². The second-order valence-corrected chi connectivity index (χ2v) is 8.17. The molecule has 10 heteroatoms. The molecule has 3 heterocycles. The summed E-state index contributed by atoms with van der Waals surface area (Å²) >= 11 is 1.84. The lowest BCUT2D eigenvalue weighted by Crippen LogP contribution is -2.09. The van der Waals surface area contributed by atoms with Crippen molar-refractivity contribution in [1.29, 1.82) is 0 Å². The van der Waals surface area contributed by atoms with E-state index >= 15 is 0 Å². The minimum atomic E-state index is -1.82. The van der Waals surface area contributed by atoms with Crippen LogP contribution in [0.2, 0.25) is 0 Å². The number of ether oxygens (including phenoxy) is 2. The van der Waals surface area contributed by atoms with Crippen LogP contribution < -0.4 is 14.8 Å².